The predicted molar refractivity (Wildman–Crippen MR) is 112 cm³/mol. The van der Waals surface area contributed by atoms with Crippen molar-refractivity contribution >= 4 is 32.9 Å². The van der Waals surface area contributed by atoms with E-state index in [1.807, 2.05) is 29.1 Å². The second-order valence-corrected chi connectivity index (χ2v) is 9.81. The van der Waals surface area contributed by atoms with Crippen molar-refractivity contribution in [3.8, 4) is 11.5 Å². The normalized spacial score (nSPS) is 17.5. The smallest absolute Gasteiger partial charge is 0.204 e. The minimum Gasteiger partial charge on any atom is -0.396 e. The molecule has 0 saturated carbocycles. The van der Waals surface area contributed by atoms with Gasteiger partial charge in [0.2, 0.25) is 5.82 Å². The zero-order valence-corrected chi connectivity index (χ0v) is 17.5. The maximum absolute atomic E-state index is 6.14. The number of hydrogen-bond donors (Lipinski definition) is 1. The van der Waals surface area contributed by atoms with Gasteiger partial charge in [-0.2, -0.15) is 5.10 Å². The maximum atomic E-state index is 6.14. The lowest BCUT2D eigenvalue weighted by atomic mass is 9.72. The SMILES string of the molecule is CCn1cc(N)c(-c2nc3c4c5c(sc4ncn3n2)CC(C(C)(C)C)CC5)n1. The van der Waals surface area contributed by atoms with E-state index in [4.69, 9.17) is 10.7 Å². The molecule has 4 aromatic rings. The zero-order chi connectivity index (χ0) is 19.6. The Hall–Kier alpha value is -2.48. The maximum Gasteiger partial charge on any atom is 0.204 e. The number of aryl methyl sites for hydroxylation is 2. The third-order valence-corrected chi connectivity index (χ3v) is 7.10. The highest BCUT2D eigenvalue weighted by Gasteiger charge is 2.32. The van der Waals surface area contributed by atoms with Gasteiger partial charge in [0.05, 0.1) is 11.1 Å². The van der Waals surface area contributed by atoms with Gasteiger partial charge in [-0.3, -0.25) is 4.68 Å². The predicted octanol–water partition coefficient (Wildman–Crippen LogP) is 3.96. The number of hydrogen-bond acceptors (Lipinski definition) is 6. The minimum absolute atomic E-state index is 0.328. The molecule has 4 aromatic heterocycles. The van der Waals surface area contributed by atoms with Crippen LogP contribution in [0.1, 0.15) is 44.6 Å². The first-order chi connectivity index (χ1) is 13.3. The Bertz CT molecular complexity index is 1190. The van der Waals surface area contributed by atoms with Crippen LogP contribution < -0.4 is 5.73 Å². The van der Waals surface area contributed by atoms with Crippen molar-refractivity contribution in [2.24, 2.45) is 11.3 Å². The molecule has 5 rings (SSSR count). The van der Waals surface area contributed by atoms with Crippen LogP contribution in [0.3, 0.4) is 0 Å². The molecule has 0 bridgehead atoms. The first kappa shape index (κ1) is 17.6. The summed E-state index contributed by atoms with van der Waals surface area (Å²) in [7, 11) is 0. The Morgan fingerprint density at radius 1 is 1.29 bits per heavy atom. The fourth-order valence-corrected chi connectivity index (χ4v) is 5.45. The van der Waals surface area contributed by atoms with Gasteiger partial charge in [-0.05, 0) is 43.1 Å². The van der Waals surface area contributed by atoms with E-state index >= 15 is 0 Å². The largest absolute Gasteiger partial charge is 0.396 e. The van der Waals surface area contributed by atoms with Crippen molar-refractivity contribution in [1.82, 2.24) is 29.4 Å². The molecule has 0 amide bonds. The van der Waals surface area contributed by atoms with Crippen LogP contribution in [0.2, 0.25) is 0 Å². The second-order valence-electron chi connectivity index (χ2n) is 8.73. The zero-order valence-electron chi connectivity index (χ0n) is 16.7. The Balaban J connectivity index is 1.65. The Labute approximate surface area is 167 Å². The molecule has 8 heteroatoms. The number of nitrogens with zero attached hydrogens (tertiary/aromatic N) is 6. The van der Waals surface area contributed by atoms with E-state index < -0.39 is 0 Å². The second kappa shape index (κ2) is 6.01. The molecule has 1 atom stereocenters. The molecule has 0 aromatic carbocycles. The molecule has 1 aliphatic rings. The number of nitrogens with two attached hydrogens (primary N) is 1. The number of aromatic nitrogens is 6. The summed E-state index contributed by atoms with van der Waals surface area (Å²) in [5.74, 6) is 1.26. The number of fused-ring (bicyclic) bond motifs is 5. The van der Waals surface area contributed by atoms with Gasteiger partial charge in [-0.1, -0.05) is 20.8 Å². The van der Waals surface area contributed by atoms with E-state index in [0.29, 0.717) is 28.5 Å². The van der Waals surface area contributed by atoms with Crippen molar-refractivity contribution < 1.29 is 0 Å². The van der Waals surface area contributed by atoms with E-state index in [1.54, 1.807) is 10.8 Å². The van der Waals surface area contributed by atoms with E-state index in [1.165, 1.54) is 16.9 Å². The van der Waals surface area contributed by atoms with E-state index in [2.05, 4.69) is 36.0 Å². The molecule has 1 unspecified atom stereocenters. The topological polar surface area (TPSA) is 86.9 Å². The molecule has 2 N–H and O–H groups in total. The lowest BCUT2D eigenvalue weighted by Crippen LogP contribution is -2.26. The van der Waals surface area contributed by atoms with Crippen molar-refractivity contribution in [2.75, 3.05) is 5.73 Å². The summed E-state index contributed by atoms with van der Waals surface area (Å²) in [5, 5.41) is 10.3. The fraction of sp³-hybridized carbons (Fsp3) is 0.500. The molecule has 7 nitrogen and oxygen atoms in total. The molecule has 146 valence electrons. The van der Waals surface area contributed by atoms with Gasteiger partial charge in [0.1, 0.15) is 11.2 Å². The van der Waals surface area contributed by atoms with Gasteiger partial charge in [0, 0.05) is 17.6 Å². The molecular weight excluding hydrogens is 370 g/mol. The standard InChI is InChI=1S/C20H25N7S/c1-5-26-9-13(21)16(24-26)17-23-18-15-12-7-6-11(20(2,3)4)8-14(12)28-19(15)22-10-27(18)25-17/h9-11H,5-8,21H2,1-4H3. The third-order valence-electron chi connectivity index (χ3n) is 5.94. The van der Waals surface area contributed by atoms with Crippen molar-refractivity contribution in [1.29, 1.82) is 0 Å². The molecule has 1 aliphatic carbocycles. The van der Waals surface area contributed by atoms with E-state index in [0.717, 1.165) is 35.3 Å². The van der Waals surface area contributed by atoms with Gasteiger partial charge in [0.15, 0.2) is 11.3 Å². The fourth-order valence-electron chi connectivity index (χ4n) is 4.19. The van der Waals surface area contributed by atoms with Crippen LogP contribution in [-0.2, 0) is 19.4 Å². The summed E-state index contributed by atoms with van der Waals surface area (Å²) >= 11 is 1.81. The molecular formula is C20H25N7S. The summed E-state index contributed by atoms with van der Waals surface area (Å²) in [5.41, 5.74) is 9.97. The highest BCUT2D eigenvalue weighted by Crippen LogP contribution is 2.43. The van der Waals surface area contributed by atoms with Crippen LogP contribution in [0.25, 0.3) is 27.4 Å². The number of anilines is 1. The first-order valence-corrected chi connectivity index (χ1v) is 10.7. The molecule has 4 heterocycles. The number of thiophene rings is 1. The van der Waals surface area contributed by atoms with Crippen LogP contribution in [0.4, 0.5) is 5.69 Å². The average molecular weight is 396 g/mol. The van der Waals surface area contributed by atoms with Crippen molar-refractivity contribution in [3.63, 3.8) is 0 Å². The Morgan fingerprint density at radius 3 is 2.82 bits per heavy atom. The lowest BCUT2D eigenvalue weighted by Gasteiger charge is -2.33. The summed E-state index contributed by atoms with van der Waals surface area (Å²) in [4.78, 5) is 12.0. The highest BCUT2D eigenvalue weighted by molar-refractivity contribution is 7.19. The molecule has 0 fully saturated rings. The Kier molecular flexibility index (Phi) is 3.78. The monoisotopic (exact) mass is 395 g/mol. The average Bonchev–Trinajstić information content (AvgIpc) is 3.32. The minimum atomic E-state index is 0.328. The van der Waals surface area contributed by atoms with Crippen molar-refractivity contribution in [2.45, 2.75) is 53.5 Å². The van der Waals surface area contributed by atoms with Gasteiger partial charge in [-0.25, -0.2) is 14.5 Å². The van der Waals surface area contributed by atoms with Crippen molar-refractivity contribution in [3.05, 3.63) is 23.0 Å². The van der Waals surface area contributed by atoms with Crippen LogP contribution in [0.5, 0.6) is 0 Å². The van der Waals surface area contributed by atoms with Gasteiger partial charge >= 0.3 is 0 Å². The molecule has 0 spiro atoms. The lowest BCUT2D eigenvalue weighted by molar-refractivity contribution is 0.218. The quantitative estimate of drug-likeness (QED) is 0.555. The first-order valence-electron chi connectivity index (χ1n) is 9.84. The van der Waals surface area contributed by atoms with Crippen LogP contribution >= 0.6 is 11.3 Å². The van der Waals surface area contributed by atoms with Gasteiger partial charge in [-0.15, -0.1) is 16.4 Å². The van der Waals surface area contributed by atoms with E-state index in [9.17, 15) is 0 Å². The molecule has 0 saturated heterocycles. The van der Waals surface area contributed by atoms with Crippen LogP contribution in [0, 0.1) is 11.3 Å². The van der Waals surface area contributed by atoms with E-state index in [-0.39, 0.29) is 0 Å². The molecule has 28 heavy (non-hydrogen) atoms. The summed E-state index contributed by atoms with van der Waals surface area (Å²) in [6.45, 7) is 9.82. The number of nitrogen functional groups attached to an aromatic ring is 1. The third kappa shape index (κ3) is 2.62. The van der Waals surface area contributed by atoms with Crippen LogP contribution in [0.15, 0.2) is 12.5 Å². The summed E-state index contributed by atoms with van der Waals surface area (Å²) in [6.07, 6.45) is 6.99. The van der Waals surface area contributed by atoms with Gasteiger partial charge in [0.25, 0.3) is 0 Å². The van der Waals surface area contributed by atoms with Crippen LogP contribution in [-0.4, -0.2) is 29.4 Å². The van der Waals surface area contributed by atoms with Gasteiger partial charge < -0.3 is 5.73 Å². The molecule has 0 radical (unpaired) electrons. The highest BCUT2D eigenvalue weighted by atomic mass is 32.1. The Morgan fingerprint density at radius 2 is 2.11 bits per heavy atom. The summed E-state index contributed by atoms with van der Waals surface area (Å²) < 4.78 is 3.58. The molecule has 0 aliphatic heterocycles. The number of rotatable bonds is 2. The summed E-state index contributed by atoms with van der Waals surface area (Å²) in [6, 6.07) is 0.